The molecule has 37 heavy (non-hydrogen) atoms. The van der Waals surface area contributed by atoms with Gasteiger partial charge in [-0.25, -0.2) is 9.59 Å². The molecular formula is C29H33NO7. The van der Waals surface area contributed by atoms with Crippen molar-refractivity contribution in [2.45, 2.75) is 32.6 Å². The van der Waals surface area contributed by atoms with E-state index in [1.54, 1.807) is 38.5 Å². The zero-order valence-corrected chi connectivity index (χ0v) is 21.6. The largest absolute Gasteiger partial charge is 0.493 e. The van der Waals surface area contributed by atoms with E-state index in [1.165, 1.54) is 6.92 Å². The second kappa shape index (κ2) is 12.1. The molecule has 0 N–H and O–H groups in total. The molecule has 2 aliphatic rings. The van der Waals surface area contributed by atoms with E-state index in [2.05, 4.69) is 10.8 Å². The van der Waals surface area contributed by atoms with Crippen molar-refractivity contribution in [3.8, 4) is 17.2 Å². The molecule has 8 heteroatoms. The Morgan fingerprint density at radius 1 is 1.03 bits per heavy atom. The van der Waals surface area contributed by atoms with Crippen molar-refractivity contribution >= 4 is 23.5 Å². The molecule has 4 rings (SSSR count). The highest BCUT2D eigenvalue weighted by atomic mass is 16.5. The Morgan fingerprint density at radius 3 is 2.41 bits per heavy atom. The van der Waals surface area contributed by atoms with Crippen molar-refractivity contribution in [2.75, 3.05) is 40.5 Å². The fraction of sp³-hybridized carbons (Fsp3) is 0.448. The number of allylic oxidation sites excluding steroid dienone is 1. The van der Waals surface area contributed by atoms with Crippen LogP contribution in [0.4, 0.5) is 0 Å². The van der Waals surface area contributed by atoms with Crippen LogP contribution in [0.5, 0.6) is 17.2 Å². The van der Waals surface area contributed by atoms with Crippen molar-refractivity contribution in [1.29, 1.82) is 0 Å². The Bertz CT molecular complexity index is 1190. The lowest BCUT2D eigenvalue weighted by atomic mass is 9.84. The van der Waals surface area contributed by atoms with Crippen molar-refractivity contribution in [3.05, 3.63) is 53.1 Å². The molecule has 0 saturated carbocycles. The number of esters is 2. The third-order valence-corrected chi connectivity index (χ3v) is 7.21. The van der Waals surface area contributed by atoms with Crippen LogP contribution < -0.4 is 14.2 Å². The summed E-state index contributed by atoms with van der Waals surface area (Å²) in [4.78, 5) is 37.9. The van der Waals surface area contributed by atoms with Crippen LogP contribution in [0.2, 0.25) is 0 Å². The predicted octanol–water partition coefficient (Wildman–Crippen LogP) is 3.98. The smallest absolute Gasteiger partial charge is 0.341 e. The number of nitrogens with zero attached hydrogens (tertiary/aromatic N) is 1. The summed E-state index contributed by atoms with van der Waals surface area (Å²) in [5.41, 5.74) is 3.00. The summed E-state index contributed by atoms with van der Waals surface area (Å²) in [5.74, 6) is 3.39. The van der Waals surface area contributed by atoms with Crippen LogP contribution in [-0.4, -0.2) is 63.2 Å². The minimum atomic E-state index is -0.506. The van der Waals surface area contributed by atoms with E-state index in [9.17, 15) is 14.4 Å². The summed E-state index contributed by atoms with van der Waals surface area (Å²) in [6.45, 7) is 4.02. The summed E-state index contributed by atoms with van der Waals surface area (Å²) in [6.07, 6.45) is 3.80. The molecule has 0 bridgehead atoms. The number of hydrogen-bond donors (Lipinski definition) is 0. The van der Waals surface area contributed by atoms with Gasteiger partial charge in [0.25, 0.3) is 0 Å². The monoisotopic (exact) mass is 507 g/mol. The first-order valence-electron chi connectivity index (χ1n) is 12.6. The highest BCUT2D eigenvalue weighted by Gasteiger charge is 2.33. The summed E-state index contributed by atoms with van der Waals surface area (Å²) >= 11 is 0. The summed E-state index contributed by atoms with van der Waals surface area (Å²) in [7, 11) is 3.21. The first-order chi connectivity index (χ1) is 17.9. The predicted molar refractivity (Wildman–Crippen MR) is 138 cm³/mol. The molecule has 0 spiro atoms. The summed E-state index contributed by atoms with van der Waals surface area (Å²) in [6, 6.07) is 10.4. The molecule has 1 saturated heterocycles. The van der Waals surface area contributed by atoms with Crippen molar-refractivity contribution in [2.24, 2.45) is 11.8 Å². The van der Waals surface area contributed by atoms with Crippen molar-refractivity contribution in [1.82, 2.24) is 4.90 Å². The van der Waals surface area contributed by atoms with Crippen molar-refractivity contribution < 1.29 is 33.3 Å². The van der Waals surface area contributed by atoms with Gasteiger partial charge in [0.2, 0.25) is 0 Å². The molecule has 1 aliphatic carbocycles. The van der Waals surface area contributed by atoms with E-state index >= 15 is 0 Å². The second-order valence-corrected chi connectivity index (χ2v) is 9.53. The molecule has 196 valence electrons. The number of ether oxygens (including phenoxy) is 4. The molecule has 1 fully saturated rings. The van der Waals surface area contributed by atoms with Gasteiger partial charge < -0.3 is 18.9 Å². The van der Waals surface area contributed by atoms with Gasteiger partial charge in [-0.1, -0.05) is 12.1 Å². The highest BCUT2D eigenvalue weighted by molar-refractivity contribution is 5.94. The van der Waals surface area contributed by atoms with Gasteiger partial charge in [-0.3, -0.25) is 9.69 Å². The maximum absolute atomic E-state index is 12.5. The normalized spacial score (nSPS) is 17.6. The Kier molecular flexibility index (Phi) is 8.64. The second-order valence-electron chi connectivity index (χ2n) is 9.53. The number of likely N-dealkylation sites (tertiary alicyclic amines) is 1. The van der Waals surface area contributed by atoms with E-state index < -0.39 is 11.9 Å². The average Bonchev–Trinajstić information content (AvgIpc) is 3.24. The number of methoxy groups -OCH3 is 2. The van der Waals surface area contributed by atoms with Crippen LogP contribution >= 0.6 is 0 Å². The van der Waals surface area contributed by atoms with Gasteiger partial charge >= 0.3 is 11.9 Å². The molecular weight excluding hydrogens is 474 g/mol. The molecule has 1 aliphatic heterocycles. The number of piperidine rings is 1. The number of hydrogen-bond acceptors (Lipinski definition) is 8. The fourth-order valence-corrected chi connectivity index (χ4v) is 5.34. The molecule has 1 heterocycles. The van der Waals surface area contributed by atoms with E-state index in [1.807, 2.05) is 12.1 Å². The van der Waals surface area contributed by atoms with E-state index in [0.717, 1.165) is 55.5 Å². The highest BCUT2D eigenvalue weighted by Crippen LogP contribution is 2.44. The van der Waals surface area contributed by atoms with Gasteiger partial charge in [-0.15, -0.1) is 0 Å². The van der Waals surface area contributed by atoms with Crippen LogP contribution in [0, 0.1) is 11.8 Å². The van der Waals surface area contributed by atoms with Crippen molar-refractivity contribution in [3.63, 3.8) is 0 Å². The number of carbonyl (C=O) groups excluding carboxylic acids is 3. The summed E-state index contributed by atoms with van der Waals surface area (Å²) in [5, 5.41) is 0. The van der Waals surface area contributed by atoms with Gasteiger partial charge in [-0.2, -0.15) is 0 Å². The lowest BCUT2D eigenvalue weighted by molar-refractivity contribution is -0.131. The minimum absolute atomic E-state index is 0.152. The molecule has 1 unspecified atom stereocenters. The topological polar surface area (TPSA) is 91.4 Å². The zero-order valence-electron chi connectivity index (χ0n) is 21.6. The Balaban J connectivity index is 1.25. The van der Waals surface area contributed by atoms with Crippen LogP contribution in [0.3, 0.4) is 0 Å². The van der Waals surface area contributed by atoms with Gasteiger partial charge in [0.05, 0.1) is 14.2 Å². The maximum Gasteiger partial charge on any atom is 0.341 e. The zero-order chi connectivity index (χ0) is 26.4. The summed E-state index contributed by atoms with van der Waals surface area (Å²) < 4.78 is 21.4. The third-order valence-electron chi connectivity index (χ3n) is 7.21. The molecule has 8 nitrogen and oxygen atoms in total. The molecule has 0 aromatic heterocycles. The standard InChI is InChI=1S/C29H33NO7/c1-19(32)37-26-7-5-4-6-23(26)29(33)36-13-12-30-10-8-20(9-11-30)14-21-15-22-16-27(34-2)28(35-3)17-24(22)25(21)18-31/h4-7,16-17,20-21H,8-15H2,1-3H3. The van der Waals surface area contributed by atoms with Gasteiger partial charge in [0, 0.05) is 19.0 Å². The lowest BCUT2D eigenvalue weighted by Crippen LogP contribution is -2.36. The van der Waals surface area contributed by atoms with Gasteiger partial charge in [-0.05, 0) is 86.0 Å². The first-order valence-corrected chi connectivity index (χ1v) is 12.6. The number of benzene rings is 2. The van der Waals surface area contributed by atoms with E-state index in [4.69, 9.17) is 18.9 Å². The fourth-order valence-electron chi connectivity index (χ4n) is 5.34. The minimum Gasteiger partial charge on any atom is -0.493 e. The maximum atomic E-state index is 12.5. The van der Waals surface area contributed by atoms with E-state index in [-0.39, 0.29) is 23.8 Å². The number of rotatable bonds is 9. The first kappa shape index (κ1) is 26.5. The Morgan fingerprint density at radius 2 is 1.73 bits per heavy atom. The molecule has 0 radical (unpaired) electrons. The SMILES string of the molecule is COc1cc2c(cc1OC)C(=C=O)C(CC1CCN(CCOC(=O)c3ccccc3OC(C)=O)CC1)C2. The Hall–Kier alpha value is -3.61. The number of para-hydroxylation sites is 1. The lowest BCUT2D eigenvalue weighted by Gasteiger charge is -2.32. The van der Waals surface area contributed by atoms with Crippen LogP contribution in [0.25, 0.3) is 5.57 Å². The van der Waals surface area contributed by atoms with Gasteiger partial charge in [0.1, 0.15) is 23.9 Å². The molecule has 0 amide bonds. The quantitative estimate of drug-likeness (QED) is 0.286. The van der Waals surface area contributed by atoms with Crippen LogP contribution in [0.1, 0.15) is 47.7 Å². The molecule has 2 aromatic rings. The van der Waals surface area contributed by atoms with Crippen LogP contribution in [0.15, 0.2) is 36.4 Å². The van der Waals surface area contributed by atoms with E-state index in [0.29, 0.717) is 24.0 Å². The molecule has 2 aromatic carbocycles. The molecule has 1 atom stereocenters. The third kappa shape index (κ3) is 6.21. The number of fused-ring (bicyclic) bond motifs is 1. The number of carbonyl (C=O) groups is 2. The van der Waals surface area contributed by atoms with Crippen LogP contribution in [-0.2, 0) is 20.7 Å². The Labute approximate surface area is 217 Å². The van der Waals surface area contributed by atoms with Gasteiger partial charge in [0.15, 0.2) is 11.5 Å². The average molecular weight is 508 g/mol.